The summed E-state index contributed by atoms with van der Waals surface area (Å²) in [5.41, 5.74) is 0.548. The van der Waals surface area contributed by atoms with Crippen molar-refractivity contribution in [2.75, 3.05) is 0 Å². The minimum atomic E-state index is -3.05. The molecule has 7 heteroatoms. The fourth-order valence-electron chi connectivity index (χ4n) is 2.00. The Bertz CT molecular complexity index is 653. The van der Waals surface area contributed by atoms with Crippen LogP contribution in [0, 0.1) is 5.82 Å². The van der Waals surface area contributed by atoms with E-state index in [4.69, 9.17) is 4.52 Å². The Morgan fingerprint density at radius 1 is 1.38 bits per heavy atom. The number of nitrogens with zero attached hydrogens (tertiary/aromatic N) is 2. The van der Waals surface area contributed by atoms with Crippen LogP contribution in [0.2, 0.25) is 0 Å². The highest BCUT2D eigenvalue weighted by Gasteiger charge is 2.43. The van der Waals surface area contributed by atoms with Gasteiger partial charge in [-0.1, -0.05) is 18.1 Å². The lowest BCUT2D eigenvalue weighted by molar-refractivity contribution is -0.0522. The van der Waals surface area contributed by atoms with Crippen LogP contribution in [0.4, 0.5) is 13.2 Å². The Labute approximate surface area is 118 Å². The molecule has 1 fully saturated rings. The fourth-order valence-corrected chi connectivity index (χ4v) is 2.00. The van der Waals surface area contributed by atoms with E-state index in [0.717, 1.165) is 25.0 Å². The van der Waals surface area contributed by atoms with Gasteiger partial charge in [0, 0.05) is 5.41 Å². The summed E-state index contributed by atoms with van der Waals surface area (Å²) in [6.07, 6.45) is 2.30. The van der Waals surface area contributed by atoms with Gasteiger partial charge in [-0.15, -0.1) is 0 Å². The first-order valence-corrected chi connectivity index (χ1v) is 6.53. The Hall–Kier alpha value is -2.05. The smallest absolute Gasteiger partial charge is 0.387 e. The van der Waals surface area contributed by atoms with Crippen molar-refractivity contribution in [3.63, 3.8) is 0 Å². The SMILES string of the molecule is CC1(c2noc(Cc3ccc(OC(F)F)c(F)c3)n2)CC1. The molecule has 112 valence electrons. The number of aromatic nitrogens is 2. The van der Waals surface area contributed by atoms with Gasteiger partial charge in [-0.3, -0.25) is 0 Å². The van der Waals surface area contributed by atoms with Gasteiger partial charge in [-0.25, -0.2) is 4.39 Å². The summed E-state index contributed by atoms with van der Waals surface area (Å²) in [7, 11) is 0. The summed E-state index contributed by atoms with van der Waals surface area (Å²) in [6, 6.07) is 3.78. The molecule has 1 aromatic carbocycles. The standard InChI is InChI=1S/C14H13F3N2O2/c1-14(4-5-14)12-18-11(21-19-12)7-8-2-3-10(9(15)6-8)20-13(16)17/h2-3,6,13H,4-5,7H2,1H3. The summed E-state index contributed by atoms with van der Waals surface area (Å²) < 4.78 is 46.9. The van der Waals surface area contributed by atoms with Gasteiger partial charge in [0.05, 0.1) is 6.42 Å². The van der Waals surface area contributed by atoms with Gasteiger partial charge in [0.25, 0.3) is 0 Å². The summed E-state index contributed by atoms with van der Waals surface area (Å²) >= 11 is 0. The highest BCUT2D eigenvalue weighted by atomic mass is 19.3. The van der Waals surface area contributed by atoms with Crippen LogP contribution < -0.4 is 4.74 Å². The summed E-state index contributed by atoms with van der Waals surface area (Å²) in [6.45, 7) is -0.999. The molecule has 1 heterocycles. The second kappa shape index (κ2) is 5.05. The molecule has 0 N–H and O–H groups in total. The molecule has 1 aliphatic rings. The van der Waals surface area contributed by atoms with E-state index in [0.29, 0.717) is 17.3 Å². The second-order valence-electron chi connectivity index (χ2n) is 5.39. The molecule has 3 rings (SSSR count). The average Bonchev–Trinajstić information content (AvgIpc) is 2.99. The molecule has 0 radical (unpaired) electrons. The Morgan fingerprint density at radius 3 is 2.76 bits per heavy atom. The lowest BCUT2D eigenvalue weighted by Crippen LogP contribution is -2.04. The van der Waals surface area contributed by atoms with Crippen molar-refractivity contribution in [1.82, 2.24) is 10.1 Å². The molecule has 21 heavy (non-hydrogen) atoms. The van der Waals surface area contributed by atoms with Crippen LogP contribution in [0.15, 0.2) is 22.7 Å². The van der Waals surface area contributed by atoms with E-state index in [1.807, 2.05) is 0 Å². The lowest BCUT2D eigenvalue weighted by atomic mass is 10.1. The fraction of sp³-hybridized carbons (Fsp3) is 0.429. The molecular weight excluding hydrogens is 285 g/mol. The van der Waals surface area contributed by atoms with E-state index in [1.165, 1.54) is 6.07 Å². The van der Waals surface area contributed by atoms with Crippen molar-refractivity contribution in [2.45, 2.75) is 38.2 Å². The third kappa shape index (κ3) is 3.01. The lowest BCUT2D eigenvalue weighted by Gasteiger charge is -2.06. The van der Waals surface area contributed by atoms with Crippen LogP contribution in [0.1, 0.15) is 37.0 Å². The van der Waals surface area contributed by atoms with Crippen LogP contribution >= 0.6 is 0 Å². The summed E-state index contributed by atoms with van der Waals surface area (Å²) in [4.78, 5) is 4.29. The zero-order valence-corrected chi connectivity index (χ0v) is 11.3. The highest BCUT2D eigenvalue weighted by molar-refractivity contribution is 5.30. The van der Waals surface area contributed by atoms with E-state index >= 15 is 0 Å². The Morgan fingerprint density at radius 2 is 2.14 bits per heavy atom. The maximum Gasteiger partial charge on any atom is 0.387 e. The molecular formula is C14H13F3N2O2. The molecule has 0 bridgehead atoms. The number of alkyl halides is 2. The first kappa shape index (κ1) is 13.9. The van der Waals surface area contributed by atoms with Gasteiger partial charge in [0.2, 0.25) is 5.89 Å². The van der Waals surface area contributed by atoms with Gasteiger partial charge in [0.1, 0.15) is 0 Å². The minimum Gasteiger partial charge on any atom is -0.432 e. The highest BCUT2D eigenvalue weighted by Crippen LogP contribution is 2.46. The van der Waals surface area contributed by atoms with Crippen LogP contribution in [0.3, 0.4) is 0 Å². The third-order valence-electron chi connectivity index (χ3n) is 3.58. The van der Waals surface area contributed by atoms with Crippen LogP contribution in [0.25, 0.3) is 0 Å². The molecule has 2 aromatic rings. The average molecular weight is 298 g/mol. The number of benzene rings is 1. The number of rotatable bonds is 5. The zero-order valence-electron chi connectivity index (χ0n) is 11.3. The normalized spacial score (nSPS) is 16.2. The monoisotopic (exact) mass is 298 g/mol. The van der Waals surface area contributed by atoms with Gasteiger partial charge < -0.3 is 9.26 Å². The van der Waals surface area contributed by atoms with Crippen LogP contribution in [0.5, 0.6) is 5.75 Å². The molecule has 1 saturated carbocycles. The quantitative estimate of drug-likeness (QED) is 0.848. The van der Waals surface area contributed by atoms with Crippen molar-refractivity contribution in [1.29, 1.82) is 0 Å². The summed E-state index contributed by atoms with van der Waals surface area (Å²) in [5, 5.41) is 3.92. The molecule has 0 aliphatic heterocycles. The maximum atomic E-state index is 13.6. The molecule has 4 nitrogen and oxygen atoms in total. The van der Waals surface area contributed by atoms with E-state index in [1.54, 1.807) is 0 Å². The van der Waals surface area contributed by atoms with Crippen molar-refractivity contribution in [3.8, 4) is 5.75 Å². The van der Waals surface area contributed by atoms with E-state index < -0.39 is 18.2 Å². The molecule has 0 amide bonds. The van der Waals surface area contributed by atoms with Crippen molar-refractivity contribution in [2.24, 2.45) is 0 Å². The molecule has 0 unspecified atom stereocenters. The van der Waals surface area contributed by atoms with Crippen molar-refractivity contribution >= 4 is 0 Å². The largest absolute Gasteiger partial charge is 0.432 e. The second-order valence-corrected chi connectivity index (χ2v) is 5.39. The van der Waals surface area contributed by atoms with E-state index in [9.17, 15) is 13.2 Å². The van der Waals surface area contributed by atoms with Gasteiger partial charge in [-0.2, -0.15) is 13.8 Å². The predicted molar refractivity (Wildman–Crippen MR) is 66.7 cm³/mol. The molecule has 1 aromatic heterocycles. The first-order chi connectivity index (χ1) is 9.96. The number of hydrogen-bond acceptors (Lipinski definition) is 4. The van der Waals surface area contributed by atoms with Crippen LogP contribution in [-0.4, -0.2) is 16.8 Å². The Kier molecular flexibility index (Phi) is 3.35. The first-order valence-electron chi connectivity index (χ1n) is 6.53. The van der Waals surface area contributed by atoms with Crippen molar-refractivity contribution in [3.05, 3.63) is 41.3 Å². The topological polar surface area (TPSA) is 48.2 Å². The Balaban J connectivity index is 1.73. The molecule has 1 aliphatic carbocycles. The molecule has 0 atom stereocenters. The minimum absolute atomic E-state index is 0.00195. The number of ether oxygens (including phenoxy) is 1. The van der Waals surface area contributed by atoms with E-state index in [2.05, 4.69) is 21.8 Å². The van der Waals surface area contributed by atoms with Gasteiger partial charge in [-0.05, 0) is 30.5 Å². The number of hydrogen-bond donors (Lipinski definition) is 0. The summed E-state index contributed by atoms with van der Waals surface area (Å²) in [5.74, 6) is -0.289. The zero-order chi connectivity index (χ0) is 15.0. The third-order valence-corrected chi connectivity index (χ3v) is 3.58. The van der Waals surface area contributed by atoms with Gasteiger partial charge >= 0.3 is 6.61 Å². The maximum absolute atomic E-state index is 13.6. The predicted octanol–water partition coefficient (Wildman–Crippen LogP) is 3.45. The molecule has 0 spiro atoms. The number of halogens is 3. The van der Waals surface area contributed by atoms with E-state index in [-0.39, 0.29) is 11.8 Å². The van der Waals surface area contributed by atoms with Crippen molar-refractivity contribution < 1.29 is 22.4 Å². The molecule has 0 saturated heterocycles. The van der Waals surface area contributed by atoms with Crippen LogP contribution in [-0.2, 0) is 11.8 Å². The van der Waals surface area contributed by atoms with Gasteiger partial charge in [0.15, 0.2) is 17.4 Å².